The zero-order valence-corrected chi connectivity index (χ0v) is 13.4. The molecule has 5 heteroatoms. The molecule has 0 radical (unpaired) electrons. The predicted octanol–water partition coefficient (Wildman–Crippen LogP) is 3.32. The first-order valence-corrected chi connectivity index (χ1v) is 8.45. The van der Waals surface area contributed by atoms with Crippen LogP contribution < -0.4 is 5.32 Å². The number of hydrogen-bond donors (Lipinski definition) is 1. The van der Waals surface area contributed by atoms with Crippen molar-refractivity contribution in [2.75, 3.05) is 0 Å². The van der Waals surface area contributed by atoms with Gasteiger partial charge in [-0.3, -0.25) is 4.79 Å². The minimum absolute atomic E-state index is 0.0892. The largest absolute Gasteiger partial charge is 0.348 e. The summed E-state index contributed by atoms with van der Waals surface area (Å²) in [5, 5.41) is 12.9. The van der Waals surface area contributed by atoms with Crippen molar-refractivity contribution in [2.24, 2.45) is 5.92 Å². The lowest BCUT2D eigenvalue weighted by Crippen LogP contribution is -2.26. The Morgan fingerprint density at radius 1 is 1.29 bits per heavy atom. The Bertz CT molecular complexity index is 748. The lowest BCUT2D eigenvalue weighted by atomic mass is 10.0. The molecule has 2 heterocycles. The fraction of sp³-hybridized carbons (Fsp3) is 0.562. The molecule has 2 aliphatic rings. The quantitative estimate of drug-likeness (QED) is 0.946. The Hall–Kier alpha value is -1.49. The minimum atomic E-state index is 0.0892. The van der Waals surface area contributed by atoms with Crippen LogP contribution in [0.15, 0.2) is 0 Å². The normalized spacial score (nSPS) is 24.3. The second-order valence-corrected chi connectivity index (χ2v) is 7.50. The molecule has 110 valence electrons. The van der Waals surface area contributed by atoms with E-state index in [1.807, 2.05) is 6.92 Å². The molecule has 0 saturated heterocycles. The maximum atomic E-state index is 12.6. The van der Waals surface area contributed by atoms with E-state index in [2.05, 4.69) is 29.4 Å². The maximum absolute atomic E-state index is 12.6. The molecule has 21 heavy (non-hydrogen) atoms. The number of amides is 1. The molecular weight excluding hydrogens is 282 g/mol. The van der Waals surface area contributed by atoms with E-state index in [1.54, 1.807) is 0 Å². The van der Waals surface area contributed by atoms with E-state index in [1.165, 1.54) is 40.7 Å². The van der Waals surface area contributed by atoms with Gasteiger partial charge in [-0.25, -0.2) is 0 Å². The summed E-state index contributed by atoms with van der Waals surface area (Å²) in [5.74, 6) is 1.25. The van der Waals surface area contributed by atoms with Crippen LogP contribution in [0.3, 0.4) is 0 Å². The van der Waals surface area contributed by atoms with Crippen LogP contribution in [-0.4, -0.2) is 22.1 Å². The first-order chi connectivity index (χ1) is 10.1. The Morgan fingerprint density at radius 3 is 2.62 bits per heavy atom. The first-order valence-electron chi connectivity index (χ1n) is 7.63. The number of carbonyl (C=O) groups excluding carboxylic acids is 1. The van der Waals surface area contributed by atoms with Crippen LogP contribution in [0.4, 0.5) is 0 Å². The zero-order valence-electron chi connectivity index (χ0n) is 12.6. The zero-order chi connectivity index (χ0) is 14.7. The molecule has 2 aliphatic carbocycles. The van der Waals surface area contributed by atoms with E-state index in [0.29, 0.717) is 17.9 Å². The standard InChI is InChI=1S/C16H19N3OS/c1-7-6-11(7)17-15(20)14-13(10-4-5-10)12-8(2)9(3)18-19-16(12)21-14/h7,10-11H,4-6H2,1-3H3,(H,17,20). The van der Waals surface area contributed by atoms with Crippen LogP contribution >= 0.6 is 11.3 Å². The molecule has 2 saturated carbocycles. The monoisotopic (exact) mass is 301 g/mol. The van der Waals surface area contributed by atoms with E-state index in [0.717, 1.165) is 21.8 Å². The van der Waals surface area contributed by atoms with Gasteiger partial charge in [0.05, 0.1) is 10.6 Å². The molecule has 2 aromatic heterocycles. The predicted molar refractivity (Wildman–Crippen MR) is 83.9 cm³/mol. The van der Waals surface area contributed by atoms with E-state index in [9.17, 15) is 4.79 Å². The van der Waals surface area contributed by atoms with Crippen LogP contribution in [-0.2, 0) is 0 Å². The summed E-state index contributed by atoms with van der Waals surface area (Å²) in [6.07, 6.45) is 3.48. The van der Waals surface area contributed by atoms with Crippen LogP contribution in [0.25, 0.3) is 10.2 Å². The Kier molecular flexibility index (Phi) is 2.83. The van der Waals surface area contributed by atoms with Gasteiger partial charge in [-0.05, 0) is 56.1 Å². The Labute approximate surface area is 128 Å². The molecule has 1 amide bonds. The molecule has 2 atom stereocenters. The summed E-state index contributed by atoms with van der Waals surface area (Å²) in [6, 6.07) is 0.365. The lowest BCUT2D eigenvalue weighted by Gasteiger charge is -2.06. The van der Waals surface area contributed by atoms with Gasteiger partial charge in [-0.2, -0.15) is 5.10 Å². The van der Waals surface area contributed by atoms with Crippen molar-refractivity contribution in [3.8, 4) is 0 Å². The molecule has 4 rings (SSSR count). The Morgan fingerprint density at radius 2 is 2.00 bits per heavy atom. The molecule has 2 unspecified atom stereocenters. The maximum Gasteiger partial charge on any atom is 0.261 e. The molecule has 0 bridgehead atoms. The van der Waals surface area contributed by atoms with E-state index < -0.39 is 0 Å². The number of nitrogens with one attached hydrogen (secondary N) is 1. The number of aromatic nitrogens is 2. The van der Waals surface area contributed by atoms with Gasteiger partial charge in [-0.15, -0.1) is 16.4 Å². The van der Waals surface area contributed by atoms with Crippen LogP contribution in [0, 0.1) is 19.8 Å². The number of hydrogen-bond acceptors (Lipinski definition) is 4. The molecule has 2 fully saturated rings. The second kappa shape index (κ2) is 4.50. The molecule has 2 aromatic rings. The third-order valence-electron chi connectivity index (χ3n) is 4.75. The highest BCUT2D eigenvalue weighted by Gasteiger charge is 2.37. The van der Waals surface area contributed by atoms with Gasteiger partial charge in [0.15, 0.2) is 0 Å². The topological polar surface area (TPSA) is 54.9 Å². The second-order valence-electron chi connectivity index (χ2n) is 6.50. The van der Waals surface area contributed by atoms with Crippen molar-refractivity contribution in [3.05, 3.63) is 21.7 Å². The van der Waals surface area contributed by atoms with Gasteiger partial charge in [0.1, 0.15) is 4.83 Å². The molecular formula is C16H19N3OS. The molecule has 0 aliphatic heterocycles. The van der Waals surface area contributed by atoms with Gasteiger partial charge < -0.3 is 5.32 Å². The summed E-state index contributed by atoms with van der Waals surface area (Å²) in [4.78, 5) is 14.4. The Balaban J connectivity index is 1.82. The number of rotatable bonds is 3. The van der Waals surface area contributed by atoms with Crippen molar-refractivity contribution >= 4 is 27.5 Å². The number of thiophene rings is 1. The van der Waals surface area contributed by atoms with Gasteiger partial charge in [-0.1, -0.05) is 6.92 Å². The first kappa shape index (κ1) is 13.2. The van der Waals surface area contributed by atoms with Crippen LogP contribution in [0.1, 0.15) is 58.6 Å². The molecule has 1 N–H and O–H groups in total. The lowest BCUT2D eigenvalue weighted by molar-refractivity contribution is 0.0952. The fourth-order valence-electron chi connectivity index (χ4n) is 2.93. The van der Waals surface area contributed by atoms with Crippen molar-refractivity contribution in [1.29, 1.82) is 0 Å². The summed E-state index contributed by atoms with van der Waals surface area (Å²) in [7, 11) is 0. The molecule has 0 aromatic carbocycles. The average Bonchev–Trinajstić information content (AvgIpc) is 3.36. The van der Waals surface area contributed by atoms with Crippen molar-refractivity contribution in [2.45, 2.75) is 52.0 Å². The molecule has 0 spiro atoms. The minimum Gasteiger partial charge on any atom is -0.348 e. The number of carbonyl (C=O) groups is 1. The van der Waals surface area contributed by atoms with E-state index >= 15 is 0 Å². The van der Waals surface area contributed by atoms with Gasteiger partial charge >= 0.3 is 0 Å². The number of fused-ring (bicyclic) bond motifs is 1. The summed E-state index contributed by atoms with van der Waals surface area (Å²) >= 11 is 1.51. The van der Waals surface area contributed by atoms with Gasteiger partial charge in [0.25, 0.3) is 5.91 Å². The van der Waals surface area contributed by atoms with Gasteiger partial charge in [0.2, 0.25) is 0 Å². The summed E-state index contributed by atoms with van der Waals surface area (Å²) < 4.78 is 0. The van der Waals surface area contributed by atoms with E-state index in [-0.39, 0.29) is 5.91 Å². The highest BCUT2D eigenvalue weighted by Crippen LogP contribution is 2.48. The number of aryl methyl sites for hydroxylation is 2. The third-order valence-corrected chi connectivity index (χ3v) is 5.84. The summed E-state index contributed by atoms with van der Waals surface area (Å²) in [5.41, 5.74) is 3.37. The molecule has 4 nitrogen and oxygen atoms in total. The van der Waals surface area contributed by atoms with Crippen molar-refractivity contribution in [3.63, 3.8) is 0 Å². The number of nitrogens with zero attached hydrogens (tertiary/aromatic N) is 2. The van der Waals surface area contributed by atoms with Crippen LogP contribution in [0.2, 0.25) is 0 Å². The smallest absolute Gasteiger partial charge is 0.261 e. The van der Waals surface area contributed by atoms with E-state index in [4.69, 9.17) is 0 Å². The van der Waals surface area contributed by atoms with Gasteiger partial charge in [0, 0.05) is 11.4 Å². The van der Waals surface area contributed by atoms with Crippen molar-refractivity contribution < 1.29 is 4.79 Å². The highest BCUT2D eigenvalue weighted by molar-refractivity contribution is 7.20. The third kappa shape index (κ3) is 2.14. The summed E-state index contributed by atoms with van der Waals surface area (Å²) in [6.45, 7) is 6.26. The fourth-order valence-corrected chi connectivity index (χ4v) is 4.10. The average molecular weight is 301 g/mol. The SMILES string of the molecule is Cc1nnc2sc(C(=O)NC3CC3C)c(C3CC3)c2c1C. The highest BCUT2D eigenvalue weighted by atomic mass is 32.1. The van der Waals surface area contributed by atoms with Crippen LogP contribution in [0.5, 0.6) is 0 Å². The van der Waals surface area contributed by atoms with Crippen molar-refractivity contribution in [1.82, 2.24) is 15.5 Å².